The van der Waals surface area contributed by atoms with Crippen molar-refractivity contribution < 1.29 is 14.7 Å². The van der Waals surface area contributed by atoms with E-state index in [1.807, 2.05) is 18.2 Å². The maximum Gasteiger partial charge on any atom is 0.315 e. The highest BCUT2D eigenvalue weighted by Crippen LogP contribution is 2.83. The summed E-state index contributed by atoms with van der Waals surface area (Å²) in [5, 5.41) is 11.0. The zero-order valence-corrected chi connectivity index (χ0v) is 19.0. The number of aldehydes is 1. The van der Waals surface area contributed by atoms with Gasteiger partial charge in [0.1, 0.15) is 11.7 Å². The second-order valence-electron chi connectivity index (χ2n) is 10.6. The van der Waals surface area contributed by atoms with Crippen LogP contribution < -0.4 is 0 Å². The van der Waals surface area contributed by atoms with Crippen molar-refractivity contribution in [3.05, 3.63) is 42.0 Å². The van der Waals surface area contributed by atoms with E-state index in [1.165, 1.54) is 4.90 Å². The van der Waals surface area contributed by atoms with Gasteiger partial charge in [0.2, 0.25) is 0 Å². The van der Waals surface area contributed by atoms with Crippen LogP contribution in [0.2, 0.25) is 0 Å². The lowest BCUT2D eigenvalue weighted by Gasteiger charge is -2.58. The lowest BCUT2D eigenvalue weighted by atomic mass is 9.43. The summed E-state index contributed by atoms with van der Waals surface area (Å²) in [6.07, 6.45) is 7.19. The van der Waals surface area contributed by atoms with Gasteiger partial charge in [-0.05, 0) is 61.0 Å². The second-order valence-corrected chi connectivity index (χ2v) is 11.6. The zero-order valence-electron chi connectivity index (χ0n) is 18.1. The molecule has 160 valence electrons. The van der Waals surface area contributed by atoms with Gasteiger partial charge in [-0.15, -0.1) is 11.8 Å². The molecule has 0 amide bonds. The van der Waals surface area contributed by atoms with Crippen molar-refractivity contribution in [2.24, 2.45) is 45.8 Å². The van der Waals surface area contributed by atoms with Gasteiger partial charge in [0.15, 0.2) is 0 Å². The molecule has 1 aromatic carbocycles. The van der Waals surface area contributed by atoms with Crippen molar-refractivity contribution in [1.82, 2.24) is 0 Å². The van der Waals surface area contributed by atoms with E-state index in [9.17, 15) is 14.7 Å². The lowest BCUT2D eigenvalue weighted by Crippen LogP contribution is -2.63. The Kier molecular flexibility index (Phi) is 4.56. The molecule has 0 aromatic heterocycles. The summed E-state index contributed by atoms with van der Waals surface area (Å²) >= 11 is 1.79. The number of allylic oxidation sites excluding steroid dienone is 1. The zero-order chi connectivity index (χ0) is 21.3. The molecule has 3 nitrogen and oxygen atoms in total. The van der Waals surface area contributed by atoms with Crippen molar-refractivity contribution in [3.8, 4) is 0 Å². The van der Waals surface area contributed by atoms with Crippen molar-refractivity contribution in [3.63, 3.8) is 0 Å². The Hall–Kier alpha value is -1.55. The third-order valence-corrected chi connectivity index (χ3v) is 10.6. The van der Waals surface area contributed by atoms with Crippen molar-refractivity contribution in [2.45, 2.75) is 51.3 Å². The molecule has 5 unspecified atom stereocenters. The van der Waals surface area contributed by atoms with Crippen LogP contribution in [0.5, 0.6) is 0 Å². The van der Waals surface area contributed by atoms with Gasteiger partial charge < -0.3 is 9.90 Å². The molecule has 4 aliphatic carbocycles. The van der Waals surface area contributed by atoms with Gasteiger partial charge >= 0.3 is 5.97 Å². The van der Waals surface area contributed by atoms with E-state index in [1.54, 1.807) is 11.8 Å². The number of rotatable bonds is 6. The first kappa shape index (κ1) is 20.4. The molecular weight excluding hydrogens is 392 g/mol. The Morgan fingerprint density at radius 1 is 1.23 bits per heavy atom. The van der Waals surface area contributed by atoms with Crippen LogP contribution in [0.4, 0.5) is 0 Å². The summed E-state index contributed by atoms with van der Waals surface area (Å²) in [6.45, 7) is 6.54. The Bertz CT molecular complexity index is 908. The highest BCUT2D eigenvalue weighted by atomic mass is 32.2. The Labute approximate surface area is 183 Å². The van der Waals surface area contributed by atoms with Crippen LogP contribution in [0.3, 0.4) is 0 Å². The van der Waals surface area contributed by atoms with E-state index in [0.717, 1.165) is 43.3 Å². The third-order valence-electron chi connectivity index (χ3n) is 9.36. The summed E-state index contributed by atoms with van der Waals surface area (Å²) < 4.78 is 0. The van der Waals surface area contributed by atoms with Crippen molar-refractivity contribution in [1.29, 1.82) is 0 Å². The molecule has 4 bridgehead atoms. The summed E-state index contributed by atoms with van der Waals surface area (Å²) in [5.74, 6) is 1.59. The summed E-state index contributed by atoms with van der Waals surface area (Å²) in [6, 6.07) is 10.3. The summed E-state index contributed by atoms with van der Waals surface area (Å²) in [5.41, 5.74) is -1.14. The minimum Gasteiger partial charge on any atom is -0.481 e. The third kappa shape index (κ3) is 2.19. The Morgan fingerprint density at radius 2 is 1.97 bits per heavy atom. The van der Waals surface area contributed by atoms with E-state index in [4.69, 9.17) is 0 Å². The number of carboxylic acids is 1. The molecule has 3 fully saturated rings. The number of fused-ring (bicyclic) bond motifs is 2. The average Bonchev–Trinajstić information content (AvgIpc) is 3.30. The van der Waals surface area contributed by atoms with E-state index in [-0.39, 0.29) is 23.2 Å². The van der Waals surface area contributed by atoms with Crippen molar-refractivity contribution >= 4 is 24.0 Å². The van der Waals surface area contributed by atoms with Crippen LogP contribution in [0.1, 0.15) is 46.5 Å². The highest BCUT2D eigenvalue weighted by molar-refractivity contribution is 7.99. The molecule has 5 rings (SSSR count). The molecule has 4 aliphatic rings. The van der Waals surface area contributed by atoms with Gasteiger partial charge in [-0.25, -0.2) is 0 Å². The molecule has 0 aliphatic heterocycles. The molecule has 1 N–H and O–H groups in total. The van der Waals surface area contributed by atoms with Crippen LogP contribution >= 0.6 is 11.8 Å². The number of carbonyl (C=O) groups is 2. The van der Waals surface area contributed by atoms with Gasteiger partial charge in [0.05, 0.1) is 5.41 Å². The fraction of sp³-hybridized carbons (Fsp3) is 0.615. The van der Waals surface area contributed by atoms with Crippen LogP contribution in [-0.2, 0) is 9.59 Å². The minimum absolute atomic E-state index is 0.141. The number of aliphatic carboxylic acids is 1. The van der Waals surface area contributed by atoms with Crippen LogP contribution in [0, 0.1) is 45.8 Å². The first-order valence-corrected chi connectivity index (χ1v) is 12.4. The number of carbonyl (C=O) groups excluding carboxylic acids is 1. The predicted octanol–water partition coefficient (Wildman–Crippen LogP) is 5.70. The van der Waals surface area contributed by atoms with Gasteiger partial charge in [0, 0.05) is 16.1 Å². The maximum absolute atomic E-state index is 13.4. The van der Waals surface area contributed by atoms with Gasteiger partial charge in [-0.2, -0.15) is 0 Å². The molecule has 1 aromatic rings. The topological polar surface area (TPSA) is 54.4 Å². The van der Waals surface area contributed by atoms with Crippen LogP contribution in [-0.4, -0.2) is 23.1 Å². The largest absolute Gasteiger partial charge is 0.481 e. The lowest BCUT2D eigenvalue weighted by molar-refractivity contribution is -0.177. The Morgan fingerprint density at radius 3 is 2.60 bits per heavy atom. The van der Waals surface area contributed by atoms with Gasteiger partial charge in [0.25, 0.3) is 0 Å². The number of benzene rings is 1. The summed E-state index contributed by atoms with van der Waals surface area (Å²) in [7, 11) is 0. The van der Waals surface area contributed by atoms with E-state index < -0.39 is 16.8 Å². The van der Waals surface area contributed by atoms with Crippen LogP contribution in [0.25, 0.3) is 0 Å². The molecular formula is C26H32O3S. The molecule has 3 saturated carbocycles. The molecule has 0 saturated heterocycles. The predicted molar refractivity (Wildman–Crippen MR) is 119 cm³/mol. The van der Waals surface area contributed by atoms with Crippen molar-refractivity contribution in [2.75, 3.05) is 5.75 Å². The second kappa shape index (κ2) is 6.72. The molecule has 7 atom stereocenters. The smallest absolute Gasteiger partial charge is 0.315 e. The average molecular weight is 425 g/mol. The van der Waals surface area contributed by atoms with Gasteiger partial charge in [-0.1, -0.05) is 57.0 Å². The number of carboxylic acid groups (broad SMARTS) is 1. The number of thioether (sulfide) groups is 1. The first-order chi connectivity index (χ1) is 14.3. The normalized spacial score (nSPS) is 43.5. The molecule has 0 radical (unpaired) electrons. The summed E-state index contributed by atoms with van der Waals surface area (Å²) in [4.78, 5) is 27.5. The quantitative estimate of drug-likeness (QED) is 0.361. The Balaban J connectivity index is 1.69. The molecule has 30 heavy (non-hydrogen) atoms. The monoisotopic (exact) mass is 424 g/mol. The first-order valence-electron chi connectivity index (χ1n) is 11.4. The van der Waals surface area contributed by atoms with Crippen LogP contribution in [0.15, 0.2) is 46.9 Å². The number of hydrogen-bond acceptors (Lipinski definition) is 3. The fourth-order valence-corrected chi connectivity index (χ4v) is 9.69. The van der Waals surface area contributed by atoms with E-state index in [0.29, 0.717) is 11.8 Å². The van der Waals surface area contributed by atoms with E-state index in [2.05, 4.69) is 39.0 Å². The molecule has 0 spiro atoms. The maximum atomic E-state index is 13.4. The van der Waals surface area contributed by atoms with Gasteiger partial charge in [-0.3, -0.25) is 4.79 Å². The number of hydrogen-bond donors (Lipinski definition) is 1. The SMILES string of the molecule is CC(C)C1=CC2CC3(C=O)C4CCC(C)[C@H]4C[C@@]2(CSc2ccccc2)C13C(=O)O. The molecule has 0 heterocycles. The van der Waals surface area contributed by atoms with E-state index >= 15 is 0 Å². The minimum atomic E-state index is -1.05. The standard InChI is InChI=1S/C26H32O3S/c1-16(2)22-11-18-12-24(14-27)21-10-9-17(3)20(21)13-25(18,26(22,24)23(28)29)15-30-19-7-5-4-6-8-19/h4-8,11,14,16-18,20-21H,9-10,12-13,15H2,1-3H3,(H,28,29)/t17?,18?,20-,21?,24?,25+,26?/m1/s1. The highest BCUT2D eigenvalue weighted by Gasteiger charge is 2.84. The fourth-order valence-electron chi connectivity index (χ4n) is 8.36. The molecule has 4 heteroatoms.